The van der Waals surface area contributed by atoms with E-state index in [0.29, 0.717) is 17.4 Å². The average molecular weight is 345 g/mol. The molecule has 26 heavy (non-hydrogen) atoms. The summed E-state index contributed by atoms with van der Waals surface area (Å²) in [5, 5.41) is 9.40. The van der Waals surface area contributed by atoms with Crippen LogP contribution >= 0.6 is 0 Å². The number of fused-ring (bicyclic) bond motifs is 1. The van der Waals surface area contributed by atoms with Crippen LogP contribution in [0.4, 0.5) is 0 Å². The van der Waals surface area contributed by atoms with Crippen LogP contribution in [0.3, 0.4) is 0 Å². The second kappa shape index (κ2) is 6.49. The Balaban J connectivity index is 1.95. The van der Waals surface area contributed by atoms with Gasteiger partial charge in [0.25, 0.3) is 0 Å². The van der Waals surface area contributed by atoms with Gasteiger partial charge in [-0.1, -0.05) is 50.2 Å². The molecule has 1 aliphatic carbocycles. The number of carbonyl (C=O) groups is 1. The Bertz CT molecular complexity index is 956. The molecule has 0 spiro atoms. The fraction of sp³-hybridized carbons (Fsp3) is 0.261. The van der Waals surface area contributed by atoms with E-state index in [-0.39, 0.29) is 0 Å². The van der Waals surface area contributed by atoms with E-state index in [1.54, 1.807) is 12.1 Å². The molecule has 132 valence electrons. The molecule has 1 aromatic heterocycles. The maximum atomic E-state index is 11.5. The molecule has 2 atom stereocenters. The number of carboxylic acids is 1. The summed E-state index contributed by atoms with van der Waals surface area (Å²) in [6.07, 6.45) is 2.09. The summed E-state index contributed by atoms with van der Waals surface area (Å²) < 4.78 is 2.26. The molecule has 0 bridgehead atoms. The first kappa shape index (κ1) is 16.6. The van der Waals surface area contributed by atoms with Gasteiger partial charge in [0, 0.05) is 11.4 Å². The summed E-state index contributed by atoms with van der Waals surface area (Å²) in [4.78, 5) is 11.5. The van der Waals surface area contributed by atoms with Crippen LogP contribution in [0.15, 0.2) is 60.7 Å². The lowest BCUT2D eigenvalue weighted by atomic mass is 9.81. The molecule has 1 heterocycles. The standard InChI is InChI=1S/C23H23NO2/c1-15-11-19-14-22(17-7-4-3-5-8-17)24(21(19)12-16(15)2)20-10-6-9-18(13-20)23(25)26/h3-10,13-16H,11-12H2,1-2H3,(H,25,26). The van der Waals surface area contributed by atoms with E-state index in [4.69, 9.17) is 0 Å². The van der Waals surface area contributed by atoms with Crippen molar-refractivity contribution in [2.75, 3.05) is 0 Å². The van der Waals surface area contributed by atoms with Gasteiger partial charge in [-0.2, -0.15) is 0 Å². The minimum Gasteiger partial charge on any atom is -0.478 e. The largest absolute Gasteiger partial charge is 0.478 e. The molecule has 3 heteroatoms. The molecule has 3 nitrogen and oxygen atoms in total. The third-order valence-corrected chi connectivity index (χ3v) is 5.64. The molecule has 0 fully saturated rings. The number of rotatable bonds is 3. The van der Waals surface area contributed by atoms with Crippen LogP contribution in [-0.2, 0) is 12.8 Å². The van der Waals surface area contributed by atoms with Crippen LogP contribution < -0.4 is 0 Å². The zero-order chi connectivity index (χ0) is 18.3. The highest BCUT2D eigenvalue weighted by Crippen LogP contribution is 2.37. The van der Waals surface area contributed by atoms with Crippen molar-refractivity contribution in [1.29, 1.82) is 0 Å². The van der Waals surface area contributed by atoms with Gasteiger partial charge in [-0.3, -0.25) is 0 Å². The number of hydrogen-bond donors (Lipinski definition) is 1. The zero-order valence-electron chi connectivity index (χ0n) is 15.1. The highest BCUT2D eigenvalue weighted by molar-refractivity contribution is 5.88. The van der Waals surface area contributed by atoms with Gasteiger partial charge in [-0.25, -0.2) is 4.79 Å². The monoisotopic (exact) mass is 345 g/mol. The Morgan fingerprint density at radius 2 is 1.69 bits per heavy atom. The predicted octanol–water partition coefficient (Wildman–Crippen LogP) is 5.21. The molecule has 0 radical (unpaired) electrons. The molecule has 0 aliphatic heterocycles. The molecule has 2 aromatic carbocycles. The first-order valence-corrected chi connectivity index (χ1v) is 9.17. The summed E-state index contributed by atoms with van der Waals surface area (Å²) >= 11 is 0. The molecule has 0 saturated carbocycles. The minimum atomic E-state index is -0.892. The molecular weight excluding hydrogens is 322 g/mol. The van der Waals surface area contributed by atoms with Crippen LogP contribution in [0, 0.1) is 11.8 Å². The summed E-state index contributed by atoms with van der Waals surface area (Å²) in [6, 6.07) is 19.9. The number of hydrogen-bond acceptors (Lipinski definition) is 1. The van der Waals surface area contributed by atoms with Crippen molar-refractivity contribution in [3.8, 4) is 16.9 Å². The lowest BCUT2D eigenvalue weighted by molar-refractivity contribution is 0.0697. The van der Waals surface area contributed by atoms with E-state index in [1.807, 2.05) is 30.3 Å². The topological polar surface area (TPSA) is 42.2 Å². The fourth-order valence-corrected chi connectivity index (χ4v) is 3.95. The molecule has 1 aliphatic rings. The second-order valence-corrected chi connectivity index (χ2v) is 7.42. The van der Waals surface area contributed by atoms with Gasteiger partial charge in [0.1, 0.15) is 0 Å². The van der Waals surface area contributed by atoms with E-state index in [2.05, 4.69) is 36.6 Å². The van der Waals surface area contributed by atoms with Gasteiger partial charge < -0.3 is 9.67 Å². The number of nitrogens with zero attached hydrogens (tertiary/aromatic N) is 1. The Labute approximate surface area is 153 Å². The Kier molecular flexibility index (Phi) is 4.15. The van der Waals surface area contributed by atoms with Crippen molar-refractivity contribution in [2.24, 2.45) is 11.8 Å². The molecular formula is C23H23NO2. The van der Waals surface area contributed by atoms with E-state index >= 15 is 0 Å². The van der Waals surface area contributed by atoms with Crippen molar-refractivity contribution >= 4 is 5.97 Å². The molecule has 3 aromatic rings. The molecule has 1 N–H and O–H groups in total. The summed E-state index contributed by atoms with van der Waals surface area (Å²) in [5.41, 5.74) is 6.24. The normalized spacial score (nSPS) is 19.2. The quantitative estimate of drug-likeness (QED) is 0.708. The van der Waals surface area contributed by atoms with Crippen molar-refractivity contribution in [1.82, 2.24) is 4.57 Å². The lowest BCUT2D eigenvalue weighted by Gasteiger charge is -2.27. The first-order chi connectivity index (χ1) is 12.5. The smallest absolute Gasteiger partial charge is 0.335 e. The highest BCUT2D eigenvalue weighted by Gasteiger charge is 2.27. The summed E-state index contributed by atoms with van der Waals surface area (Å²) in [5.74, 6) is 0.380. The van der Waals surface area contributed by atoms with Gasteiger partial charge in [0.15, 0.2) is 0 Å². The van der Waals surface area contributed by atoms with Gasteiger partial charge in [0.2, 0.25) is 0 Å². The molecule has 0 saturated heterocycles. The molecule has 0 amide bonds. The number of carboxylic acid groups (broad SMARTS) is 1. The van der Waals surface area contributed by atoms with E-state index in [9.17, 15) is 9.90 Å². The van der Waals surface area contributed by atoms with Crippen molar-refractivity contribution in [2.45, 2.75) is 26.7 Å². The summed E-state index contributed by atoms with van der Waals surface area (Å²) in [7, 11) is 0. The van der Waals surface area contributed by atoms with E-state index in [0.717, 1.165) is 29.8 Å². The zero-order valence-corrected chi connectivity index (χ0v) is 15.1. The van der Waals surface area contributed by atoms with Crippen molar-refractivity contribution in [3.05, 3.63) is 77.5 Å². The minimum absolute atomic E-state index is 0.321. The average Bonchev–Trinajstić information content (AvgIpc) is 3.01. The lowest BCUT2D eigenvalue weighted by Crippen LogP contribution is -2.22. The van der Waals surface area contributed by atoms with Gasteiger partial charge >= 0.3 is 5.97 Å². The van der Waals surface area contributed by atoms with Gasteiger partial charge in [0.05, 0.1) is 11.3 Å². The number of aromatic nitrogens is 1. The number of aromatic carboxylic acids is 1. The fourth-order valence-electron chi connectivity index (χ4n) is 3.95. The van der Waals surface area contributed by atoms with Gasteiger partial charge in [-0.05, 0) is 60.1 Å². The number of benzene rings is 2. The van der Waals surface area contributed by atoms with E-state index in [1.165, 1.54) is 11.3 Å². The van der Waals surface area contributed by atoms with Crippen LogP contribution in [0.5, 0.6) is 0 Å². The van der Waals surface area contributed by atoms with Crippen molar-refractivity contribution in [3.63, 3.8) is 0 Å². The molecule has 2 unspecified atom stereocenters. The second-order valence-electron chi connectivity index (χ2n) is 7.42. The predicted molar refractivity (Wildman–Crippen MR) is 104 cm³/mol. The van der Waals surface area contributed by atoms with Crippen LogP contribution in [0.25, 0.3) is 16.9 Å². The maximum Gasteiger partial charge on any atom is 0.335 e. The van der Waals surface area contributed by atoms with E-state index < -0.39 is 5.97 Å². The third-order valence-electron chi connectivity index (χ3n) is 5.64. The first-order valence-electron chi connectivity index (χ1n) is 9.17. The Morgan fingerprint density at radius 1 is 0.962 bits per heavy atom. The maximum absolute atomic E-state index is 11.5. The van der Waals surface area contributed by atoms with Crippen molar-refractivity contribution < 1.29 is 9.90 Å². The van der Waals surface area contributed by atoms with Crippen LogP contribution in [-0.4, -0.2) is 15.6 Å². The van der Waals surface area contributed by atoms with Crippen LogP contribution in [0.2, 0.25) is 0 Å². The Morgan fingerprint density at radius 3 is 2.42 bits per heavy atom. The third kappa shape index (κ3) is 2.84. The van der Waals surface area contributed by atoms with Gasteiger partial charge in [-0.15, -0.1) is 0 Å². The summed E-state index contributed by atoms with van der Waals surface area (Å²) in [6.45, 7) is 4.62. The van der Waals surface area contributed by atoms with Crippen LogP contribution in [0.1, 0.15) is 35.5 Å². The Hall–Kier alpha value is -2.81. The highest BCUT2D eigenvalue weighted by atomic mass is 16.4. The molecule has 4 rings (SSSR count). The SMILES string of the molecule is CC1Cc2cc(-c3ccccc3)n(-c3cccc(C(=O)O)c3)c2CC1C.